The van der Waals surface area contributed by atoms with Gasteiger partial charge in [-0.25, -0.2) is 0 Å². The van der Waals surface area contributed by atoms with Crippen molar-refractivity contribution in [2.75, 3.05) is 20.3 Å². The largest absolute Gasteiger partial charge is 0.497 e. The van der Waals surface area contributed by atoms with Crippen molar-refractivity contribution in [1.29, 1.82) is 0 Å². The highest BCUT2D eigenvalue weighted by Gasteiger charge is 2.15. The third-order valence-electron chi connectivity index (χ3n) is 4.81. The molecule has 0 fully saturated rings. The highest BCUT2D eigenvalue weighted by Crippen LogP contribution is 2.16. The summed E-state index contributed by atoms with van der Waals surface area (Å²) < 4.78 is 16.1. The molecule has 0 aliphatic heterocycles. The van der Waals surface area contributed by atoms with Crippen molar-refractivity contribution in [3.8, 4) is 11.5 Å². The van der Waals surface area contributed by atoms with Gasteiger partial charge in [0, 0.05) is 11.6 Å². The van der Waals surface area contributed by atoms with Crippen LogP contribution in [-0.4, -0.2) is 32.1 Å². The SMILES string of the molecule is COc1ccc(C(=O)N/C(=C\c2ccco2)C(=O)NCCOc2ccc(C)c(C)c2)cc1. The van der Waals surface area contributed by atoms with Crippen LogP contribution >= 0.6 is 0 Å². The predicted molar refractivity (Wildman–Crippen MR) is 122 cm³/mol. The van der Waals surface area contributed by atoms with Crippen molar-refractivity contribution < 1.29 is 23.5 Å². The van der Waals surface area contributed by atoms with Crippen LogP contribution in [0.4, 0.5) is 0 Å². The average molecular weight is 434 g/mol. The Morgan fingerprint density at radius 1 is 1.00 bits per heavy atom. The van der Waals surface area contributed by atoms with E-state index in [2.05, 4.69) is 10.6 Å². The van der Waals surface area contributed by atoms with E-state index in [-0.39, 0.29) is 18.8 Å². The predicted octanol–water partition coefficient (Wildman–Crippen LogP) is 3.87. The van der Waals surface area contributed by atoms with E-state index in [9.17, 15) is 9.59 Å². The molecular formula is C25H26N2O5. The highest BCUT2D eigenvalue weighted by molar-refractivity contribution is 6.05. The van der Waals surface area contributed by atoms with E-state index in [0.29, 0.717) is 17.1 Å². The summed E-state index contributed by atoms with van der Waals surface area (Å²) >= 11 is 0. The molecule has 2 aromatic carbocycles. The molecule has 32 heavy (non-hydrogen) atoms. The molecule has 2 N–H and O–H groups in total. The number of nitrogens with one attached hydrogen (secondary N) is 2. The van der Waals surface area contributed by atoms with Crippen LogP contribution in [-0.2, 0) is 4.79 Å². The van der Waals surface area contributed by atoms with Crippen molar-refractivity contribution in [3.05, 3.63) is 89.0 Å². The van der Waals surface area contributed by atoms with E-state index in [1.807, 2.05) is 32.0 Å². The van der Waals surface area contributed by atoms with Gasteiger partial charge < -0.3 is 24.5 Å². The molecule has 0 saturated heterocycles. The summed E-state index contributed by atoms with van der Waals surface area (Å²) in [5.41, 5.74) is 2.77. The van der Waals surface area contributed by atoms with Crippen LogP contribution in [0.2, 0.25) is 0 Å². The van der Waals surface area contributed by atoms with Crippen LogP contribution in [0.25, 0.3) is 6.08 Å². The van der Waals surface area contributed by atoms with Crippen molar-refractivity contribution in [1.82, 2.24) is 10.6 Å². The molecule has 1 aromatic heterocycles. The second-order valence-electron chi connectivity index (χ2n) is 7.11. The zero-order valence-electron chi connectivity index (χ0n) is 18.3. The Morgan fingerprint density at radius 3 is 2.41 bits per heavy atom. The Labute approximate surface area is 187 Å². The Morgan fingerprint density at radius 2 is 1.75 bits per heavy atom. The lowest BCUT2D eigenvalue weighted by molar-refractivity contribution is -0.117. The van der Waals surface area contributed by atoms with Gasteiger partial charge >= 0.3 is 0 Å². The van der Waals surface area contributed by atoms with Gasteiger partial charge in [0.05, 0.1) is 19.9 Å². The standard InChI is InChI=1S/C25H26N2O5/c1-17-6-9-22(15-18(17)2)32-14-12-26-25(29)23(16-21-5-4-13-31-21)27-24(28)19-7-10-20(30-3)11-8-19/h4-11,13,15-16H,12,14H2,1-3H3,(H,26,29)(H,27,28)/b23-16-. The molecule has 0 aliphatic carbocycles. The third-order valence-corrected chi connectivity index (χ3v) is 4.81. The molecule has 166 valence electrons. The number of furan rings is 1. The number of benzene rings is 2. The molecule has 0 radical (unpaired) electrons. The van der Waals surface area contributed by atoms with E-state index in [1.165, 1.54) is 17.9 Å². The number of methoxy groups -OCH3 is 1. The van der Waals surface area contributed by atoms with Crippen molar-refractivity contribution in [2.24, 2.45) is 0 Å². The van der Waals surface area contributed by atoms with Crippen molar-refractivity contribution in [2.45, 2.75) is 13.8 Å². The normalized spacial score (nSPS) is 11.0. The van der Waals surface area contributed by atoms with Gasteiger partial charge in [0.1, 0.15) is 29.6 Å². The first-order chi connectivity index (χ1) is 15.5. The molecule has 0 bridgehead atoms. The molecular weight excluding hydrogens is 408 g/mol. The van der Waals surface area contributed by atoms with Gasteiger partial charge in [0.25, 0.3) is 11.8 Å². The average Bonchev–Trinajstić information content (AvgIpc) is 3.31. The minimum atomic E-state index is -0.452. The summed E-state index contributed by atoms with van der Waals surface area (Å²) in [7, 11) is 1.55. The van der Waals surface area contributed by atoms with Crippen molar-refractivity contribution >= 4 is 17.9 Å². The summed E-state index contributed by atoms with van der Waals surface area (Å²) in [5.74, 6) is 0.937. The first-order valence-electron chi connectivity index (χ1n) is 10.1. The number of amides is 2. The second-order valence-corrected chi connectivity index (χ2v) is 7.11. The molecule has 1 heterocycles. The monoisotopic (exact) mass is 434 g/mol. The number of rotatable bonds is 9. The Balaban J connectivity index is 1.62. The maximum atomic E-state index is 12.7. The highest BCUT2D eigenvalue weighted by atomic mass is 16.5. The van der Waals surface area contributed by atoms with E-state index in [1.54, 1.807) is 43.5 Å². The molecule has 3 rings (SSSR count). The van der Waals surface area contributed by atoms with Gasteiger partial charge in [-0.05, 0) is 73.5 Å². The number of ether oxygens (including phenoxy) is 2. The van der Waals surface area contributed by atoms with E-state index < -0.39 is 11.8 Å². The maximum Gasteiger partial charge on any atom is 0.268 e. The molecule has 3 aromatic rings. The second kappa shape index (κ2) is 10.9. The molecule has 0 aliphatic rings. The number of hydrogen-bond acceptors (Lipinski definition) is 5. The lowest BCUT2D eigenvalue weighted by Crippen LogP contribution is -2.36. The lowest BCUT2D eigenvalue weighted by Gasteiger charge is -2.12. The maximum absolute atomic E-state index is 12.7. The van der Waals surface area contributed by atoms with Crippen LogP contribution in [0.1, 0.15) is 27.2 Å². The van der Waals surface area contributed by atoms with Crippen LogP contribution in [0.15, 0.2) is 71.0 Å². The van der Waals surface area contributed by atoms with Gasteiger partial charge in [-0.2, -0.15) is 0 Å². The summed E-state index contributed by atoms with van der Waals surface area (Å²) in [6, 6.07) is 15.8. The number of hydrogen-bond donors (Lipinski definition) is 2. The zero-order valence-corrected chi connectivity index (χ0v) is 18.3. The zero-order chi connectivity index (χ0) is 22.9. The topological polar surface area (TPSA) is 89.8 Å². The fraction of sp³-hybridized carbons (Fsp3) is 0.200. The minimum Gasteiger partial charge on any atom is -0.497 e. The summed E-state index contributed by atoms with van der Waals surface area (Å²) in [5, 5.41) is 5.41. The first kappa shape index (κ1) is 22.7. The van der Waals surface area contributed by atoms with Gasteiger partial charge in [-0.15, -0.1) is 0 Å². The number of carbonyl (C=O) groups is 2. The molecule has 2 amide bonds. The lowest BCUT2D eigenvalue weighted by atomic mass is 10.1. The van der Waals surface area contributed by atoms with Crippen molar-refractivity contribution in [3.63, 3.8) is 0 Å². The van der Waals surface area contributed by atoms with E-state index in [4.69, 9.17) is 13.9 Å². The molecule has 0 atom stereocenters. The quantitative estimate of drug-likeness (QED) is 0.394. The molecule has 7 heteroatoms. The third kappa shape index (κ3) is 6.25. The molecule has 0 saturated carbocycles. The first-order valence-corrected chi connectivity index (χ1v) is 10.1. The van der Waals surface area contributed by atoms with Crippen LogP contribution in [0, 0.1) is 13.8 Å². The molecule has 7 nitrogen and oxygen atoms in total. The summed E-state index contributed by atoms with van der Waals surface area (Å²) in [4.78, 5) is 25.4. The molecule has 0 spiro atoms. The Hall–Kier alpha value is -4.00. The van der Waals surface area contributed by atoms with Crippen LogP contribution < -0.4 is 20.1 Å². The Bertz CT molecular complexity index is 1090. The van der Waals surface area contributed by atoms with Gasteiger partial charge in [0.15, 0.2) is 0 Å². The van der Waals surface area contributed by atoms with Gasteiger partial charge in [-0.3, -0.25) is 9.59 Å². The number of carbonyl (C=O) groups excluding carboxylic acids is 2. The van der Waals surface area contributed by atoms with E-state index >= 15 is 0 Å². The summed E-state index contributed by atoms with van der Waals surface area (Å²) in [6.07, 6.45) is 2.96. The molecule has 0 unspecified atom stereocenters. The fourth-order valence-electron chi connectivity index (χ4n) is 2.84. The van der Waals surface area contributed by atoms with E-state index in [0.717, 1.165) is 11.3 Å². The minimum absolute atomic E-state index is 0.0620. The smallest absolute Gasteiger partial charge is 0.268 e. The van der Waals surface area contributed by atoms with Crippen LogP contribution in [0.3, 0.4) is 0 Å². The fourth-order valence-corrected chi connectivity index (χ4v) is 2.84. The summed E-state index contributed by atoms with van der Waals surface area (Å²) in [6.45, 7) is 4.60. The Kier molecular flexibility index (Phi) is 7.70. The van der Waals surface area contributed by atoms with Gasteiger partial charge in [-0.1, -0.05) is 6.07 Å². The van der Waals surface area contributed by atoms with Crippen LogP contribution in [0.5, 0.6) is 11.5 Å². The number of aryl methyl sites for hydroxylation is 2. The van der Waals surface area contributed by atoms with Gasteiger partial charge in [0.2, 0.25) is 0 Å².